The van der Waals surface area contributed by atoms with Gasteiger partial charge in [-0.15, -0.1) is 5.10 Å². The Bertz CT molecular complexity index is 774. The highest BCUT2D eigenvalue weighted by molar-refractivity contribution is 7.91. The van der Waals surface area contributed by atoms with Gasteiger partial charge in [-0.1, -0.05) is 11.3 Å². The number of hydrogen-bond donors (Lipinski definition) is 0. The van der Waals surface area contributed by atoms with Gasteiger partial charge in [-0.3, -0.25) is 4.90 Å². The van der Waals surface area contributed by atoms with Crippen LogP contribution in [0, 0.1) is 12.7 Å². The van der Waals surface area contributed by atoms with E-state index >= 15 is 0 Å². The fraction of sp³-hybridized carbons (Fsp3) is 0.429. The summed E-state index contributed by atoms with van der Waals surface area (Å²) in [5.74, 6) is 0.0877. The van der Waals surface area contributed by atoms with Gasteiger partial charge in [-0.2, -0.15) is 0 Å². The third-order valence-corrected chi connectivity index (χ3v) is 5.46. The zero-order chi connectivity index (χ0) is 15.7. The molecule has 3 rings (SSSR count). The van der Waals surface area contributed by atoms with Crippen molar-refractivity contribution in [2.24, 2.45) is 0 Å². The topological polar surface area (TPSA) is 68.1 Å². The first kappa shape index (κ1) is 15.1. The molecular formula is C14H17FN4O2S. The van der Waals surface area contributed by atoms with Crippen LogP contribution in [-0.2, 0) is 16.4 Å². The highest BCUT2D eigenvalue weighted by Crippen LogP contribution is 2.16. The van der Waals surface area contributed by atoms with Crippen LogP contribution in [0.3, 0.4) is 0 Å². The molecule has 1 aliphatic rings. The molecule has 6 nitrogen and oxygen atoms in total. The monoisotopic (exact) mass is 324 g/mol. The van der Waals surface area contributed by atoms with E-state index in [1.165, 1.54) is 6.07 Å². The van der Waals surface area contributed by atoms with Crippen LogP contribution < -0.4 is 0 Å². The summed E-state index contributed by atoms with van der Waals surface area (Å²) in [4.78, 5) is 2.04. The number of halogens is 1. The molecule has 1 fully saturated rings. The SMILES string of the molecule is Cc1c(F)cccc1-n1cc(CN2CCS(=O)(=O)CC2)nn1. The van der Waals surface area contributed by atoms with Crippen molar-refractivity contribution in [3.05, 3.63) is 41.5 Å². The summed E-state index contributed by atoms with van der Waals surface area (Å²) in [6.45, 7) is 3.26. The van der Waals surface area contributed by atoms with E-state index in [-0.39, 0.29) is 17.3 Å². The van der Waals surface area contributed by atoms with Crippen LogP contribution in [0.5, 0.6) is 0 Å². The Morgan fingerprint density at radius 2 is 2.00 bits per heavy atom. The van der Waals surface area contributed by atoms with Crippen LogP contribution in [0.4, 0.5) is 4.39 Å². The highest BCUT2D eigenvalue weighted by Gasteiger charge is 2.22. The molecular weight excluding hydrogens is 307 g/mol. The summed E-state index contributed by atoms with van der Waals surface area (Å²) in [7, 11) is -2.88. The molecule has 0 aliphatic carbocycles. The molecule has 0 N–H and O–H groups in total. The summed E-state index contributed by atoms with van der Waals surface area (Å²) < 4.78 is 38.0. The second-order valence-corrected chi connectivity index (χ2v) is 7.77. The van der Waals surface area contributed by atoms with Gasteiger partial charge in [0.25, 0.3) is 0 Å². The molecule has 118 valence electrons. The highest BCUT2D eigenvalue weighted by atomic mass is 32.2. The minimum absolute atomic E-state index is 0.185. The molecule has 0 atom stereocenters. The summed E-state index contributed by atoms with van der Waals surface area (Å²) in [5.41, 5.74) is 1.91. The van der Waals surface area contributed by atoms with Crippen molar-refractivity contribution in [2.45, 2.75) is 13.5 Å². The standard InChI is InChI=1S/C14H17FN4O2S/c1-11-13(15)3-2-4-14(11)19-10-12(16-17-19)9-18-5-7-22(20,21)8-6-18/h2-4,10H,5-9H2,1H3. The van der Waals surface area contributed by atoms with E-state index in [2.05, 4.69) is 10.3 Å². The van der Waals surface area contributed by atoms with Gasteiger partial charge in [-0.05, 0) is 19.1 Å². The lowest BCUT2D eigenvalue weighted by molar-refractivity contribution is 0.284. The minimum atomic E-state index is -2.88. The number of aromatic nitrogens is 3. The number of rotatable bonds is 3. The lowest BCUT2D eigenvalue weighted by atomic mass is 10.2. The summed E-state index contributed by atoms with van der Waals surface area (Å²) in [5, 5.41) is 8.13. The minimum Gasteiger partial charge on any atom is -0.295 e. The van der Waals surface area contributed by atoms with Gasteiger partial charge in [0.15, 0.2) is 9.84 Å². The van der Waals surface area contributed by atoms with Gasteiger partial charge < -0.3 is 0 Å². The average molecular weight is 324 g/mol. The van der Waals surface area contributed by atoms with Gasteiger partial charge in [0.2, 0.25) is 0 Å². The smallest absolute Gasteiger partial charge is 0.152 e. The van der Waals surface area contributed by atoms with Crippen LogP contribution in [-0.4, -0.2) is 52.9 Å². The number of hydrogen-bond acceptors (Lipinski definition) is 5. The maximum Gasteiger partial charge on any atom is 0.152 e. The molecule has 0 bridgehead atoms. The molecule has 0 radical (unpaired) electrons. The lowest BCUT2D eigenvalue weighted by Crippen LogP contribution is -2.39. The maximum atomic E-state index is 13.6. The van der Waals surface area contributed by atoms with E-state index < -0.39 is 9.84 Å². The number of nitrogens with zero attached hydrogens (tertiary/aromatic N) is 4. The van der Waals surface area contributed by atoms with Crippen molar-refractivity contribution in [1.29, 1.82) is 0 Å². The largest absolute Gasteiger partial charge is 0.295 e. The van der Waals surface area contributed by atoms with E-state index in [9.17, 15) is 12.8 Å². The van der Waals surface area contributed by atoms with E-state index in [4.69, 9.17) is 0 Å². The van der Waals surface area contributed by atoms with Gasteiger partial charge in [0.05, 0.1) is 29.1 Å². The Morgan fingerprint density at radius 3 is 2.73 bits per heavy atom. The Balaban J connectivity index is 1.73. The molecule has 0 spiro atoms. The Morgan fingerprint density at radius 1 is 1.27 bits per heavy atom. The Labute approximate surface area is 128 Å². The van der Waals surface area contributed by atoms with Crippen molar-refractivity contribution >= 4 is 9.84 Å². The predicted octanol–water partition coefficient (Wildman–Crippen LogP) is 0.945. The fourth-order valence-electron chi connectivity index (χ4n) is 2.47. The van der Waals surface area contributed by atoms with Crippen LogP contribution in [0.25, 0.3) is 5.69 Å². The normalized spacial score (nSPS) is 18.5. The van der Waals surface area contributed by atoms with Crippen molar-refractivity contribution in [2.75, 3.05) is 24.6 Å². The molecule has 1 aromatic heterocycles. The molecule has 2 heterocycles. The lowest BCUT2D eigenvalue weighted by Gasteiger charge is -2.25. The fourth-order valence-corrected chi connectivity index (χ4v) is 3.75. The van der Waals surface area contributed by atoms with Crippen molar-refractivity contribution in [3.8, 4) is 5.69 Å². The molecule has 1 saturated heterocycles. The summed E-state index contributed by atoms with van der Waals surface area (Å²) >= 11 is 0. The van der Waals surface area contributed by atoms with E-state index in [0.29, 0.717) is 30.9 Å². The molecule has 0 amide bonds. The second-order valence-electron chi connectivity index (χ2n) is 5.47. The quantitative estimate of drug-likeness (QED) is 0.841. The first-order chi connectivity index (χ1) is 10.4. The zero-order valence-corrected chi connectivity index (χ0v) is 13.1. The summed E-state index contributed by atoms with van der Waals surface area (Å²) in [6.07, 6.45) is 1.75. The molecule has 1 aromatic carbocycles. The Kier molecular flexibility index (Phi) is 3.96. The summed E-state index contributed by atoms with van der Waals surface area (Å²) in [6, 6.07) is 4.82. The van der Waals surface area contributed by atoms with E-state index in [1.807, 2.05) is 4.90 Å². The first-order valence-corrected chi connectivity index (χ1v) is 8.86. The second kappa shape index (κ2) is 5.77. The van der Waals surface area contributed by atoms with Crippen molar-refractivity contribution in [1.82, 2.24) is 19.9 Å². The van der Waals surface area contributed by atoms with Crippen molar-refractivity contribution < 1.29 is 12.8 Å². The number of sulfone groups is 1. The van der Waals surface area contributed by atoms with Crippen LogP contribution in [0.15, 0.2) is 24.4 Å². The maximum absolute atomic E-state index is 13.6. The first-order valence-electron chi connectivity index (χ1n) is 7.04. The van der Waals surface area contributed by atoms with Gasteiger partial charge >= 0.3 is 0 Å². The van der Waals surface area contributed by atoms with Crippen LogP contribution in [0.2, 0.25) is 0 Å². The van der Waals surface area contributed by atoms with Gasteiger partial charge in [0.1, 0.15) is 5.82 Å². The molecule has 8 heteroatoms. The van der Waals surface area contributed by atoms with E-state index in [1.54, 1.807) is 29.9 Å². The number of benzene rings is 1. The van der Waals surface area contributed by atoms with E-state index in [0.717, 1.165) is 5.69 Å². The zero-order valence-electron chi connectivity index (χ0n) is 12.2. The third-order valence-electron chi connectivity index (χ3n) is 3.85. The molecule has 2 aromatic rings. The van der Waals surface area contributed by atoms with Crippen molar-refractivity contribution in [3.63, 3.8) is 0 Å². The van der Waals surface area contributed by atoms with Gasteiger partial charge in [0, 0.05) is 25.2 Å². The third kappa shape index (κ3) is 3.17. The molecule has 0 saturated carbocycles. The van der Waals surface area contributed by atoms with Crippen LogP contribution >= 0.6 is 0 Å². The molecule has 0 unspecified atom stereocenters. The predicted molar refractivity (Wildman–Crippen MR) is 80.0 cm³/mol. The van der Waals surface area contributed by atoms with Crippen LogP contribution in [0.1, 0.15) is 11.3 Å². The average Bonchev–Trinajstić information content (AvgIpc) is 2.92. The molecule has 22 heavy (non-hydrogen) atoms. The van der Waals surface area contributed by atoms with Gasteiger partial charge in [-0.25, -0.2) is 17.5 Å². The Hall–Kier alpha value is -1.80. The molecule has 1 aliphatic heterocycles.